The van der Waals surface area contributed by atoms with Crippen LogP contribution >= 0.6 is 0 Å². The first-order valence-electron chi connectivity index (χ1n) is 13.2. The largest absolute Gasteiger partial charge is 0.0842 e. The first-order chi connectivity index (χ1) is 17.7. The maximum Gasteiger partial charge on any atom is -0.00994 e. The highest BCUT2D eigenvalue weighted by Gasteiger charge is 2.11. The van der Waals surface area contributed by atoms with Gasteiger partial charge in [-0.15, -0.1) is 0 Å². The van der Waals surface area contributed by atoms with Crippen molar-refractivity contribution in [1.82, 2.24) is 0 Å². The van der Waals surface area contributed by atoms with Crippen molar-refractivity contribution in [3.8, 4) is 33.4 Å². The molecule has 0 aromatic heterocycles. The first-order valence-corrected chi connectivity index (χ1v) is 13.2. The first kappa shape index (κ1) is 23.8. The fourth-order valence-corrected chi connectivity index (χ4v) is 5.13. The number of benzene rings is 5. The van der Waals surface area contributed by atoms with Gasteiger partial charge in [-0.05, 0) is 92.2 Å². The van der Waals surface area contributed by atoms with Gasteiger partial charge < -0.3 is 0 Å². The Balaban J connectivity index is 1.62. The lowest BCUT2D eigenvalue weighted by atomic mass is 9.90. The zero-order valence-electron chi connectivity index (χ0n) is 21.6. The van der Waals surface area contributed by atoms with E-state index in [4.69, 9.17) is 0 Å². The van der Waals surface area contributed by atoms with Gasteiger partial charge >= 0.3 is 0 Å². The molecule has 36 heavy (non-hydrogen) atoms. The fraction of sp³-hybridized carbons (Fsp3) is 0.167. The van der Waals surface area contributed by atoms with Crippen LogP contribution in [0.5, 0.6) is 0 Å². The van der Waals surface area contributed by atoms with Crippen LogP contribution < -0.4 is 0 Å². The summed E-state index contributed by atoms with van der Waals surface area (Å²) in [5, 5.41) is 2.62. The highest BCUT2D eigenvalue weighted by Crippen LogP contribution is 2.36. The average molecular weight is 467 g/mol. The smallest absolute Gasteiger partial charge is 0.00994 e. The Hall–Kier alpha value is -3.90. The van der Waals surface area contributed by atoms with Gasteiger partial charge in [0.2, 0.25) is 0 Å². The second-order valence-corrected chi connectivity index (χ2v) is 9.42. The van der Waals surface area contributed by atoms with Gasteiger partial charge in [-0.3, -0.25) is 0 Å². The highest BCUT2D eigenvalue weighted by atomic mass is 14.1. The third kappa shape index (κ3) is 4.77. The molecule has 5 aromatic carbocycles. The third-order valence-corrected chi connectivity index (χ3v) is 7.13. The summed E-state index contributed by atoms with van der Waals surface area (Å²) in [4.78, 5) is 0. The van der Waals surface area contributed by atoms with Crippen molar-refractivity contribution in [3.05, 3.63) is 126 Å². The summed E-state index contributed by atoms with van der Waals surface area (Å²) < 4.78 is 0. The summed E-state index contributed by atoms with van der Waals surface area (Å²) in [6.45, 7) is 6.64. The van der Waals surface area contributed by atoms with Crippen molar-refractivity contribution in [2.75, 3.05) is 0 Å². The Morgan fingerprint density at radius 2 is 1.33 bits per heavy atom. The van der Waals surface area contributed by atoms with Crippen molar-refractivity contribution in [2.24, 2.45) is 0 Å². The Labute approximate surface area is 216 Å². The number of aryl methyl sites for hydroxylation is 2. The Morgan fingerprint density at radius 1 is 0.556 bits per heavy atom. The van der Waals surface area contributed by atoms with Crippen LogP contribution in [0.1, 0.15) is 43.9 Å². The molecule has 0 atom stereocenters. The molecule has 0 N–H and O–H groups in total. The standard InChI is InChI=1S/C36H34/c1-4-7-12-32-25-29(28-14-10-15-31(24-28)33-17-9-8-13-27(33)6-3)20-22-35(32)36-18-11-16-30-23-26(5-2)19-21-34(30)36/h7-25H,4-6H2,1-3H3/b12-7+. The van der Waals surface area contributed by atoms with E-state index in [0.717, 1.165) is 19.3 Å². The van der Waals surface area contributed by atoms with E-state index >= 15 is 0 Å². The second-order valence-electron chi connectivity index (χ2n) is 9.42. The number of allylic oxidation sites excluding steroid dienone is 1. The predicted molar refractivity (Wildman–Crippen MR) is 158 cm³/mol. The van der Waals surface area contributed by atoms with E-state index in [9.17, 15) is 0 Å². The quantitative estimate of drug-likeness (QED) is 0.224. The van der Waals surface area contributed by atoms with Crippen LogP contribution in [0.4, 0.5) is 0 Å². The average Bonchev–Trinajstić information content (AvgIpc) is 2.95. The van der Waals surface area contributed by atoms with Crippen molar-refractivity contribution in [3.63, 3.8) is 0 Å². The molecule has 0 aliphatic carbocycles. The number of hydrogen-bond acceptors (Lipinski definition) is 0. The molecular formula is C36H34. The van der Waals surface area contributed by atoms with Gasteiger partial charge in [0.15, 0.2) is 0 Å². The molecule has 0 saturated carbocycles. The Morgan fingerprint density at radius 3 is 2.17 bits per heavy atom. The molecule has 0 radical (unpaired) electrons. The van der Waals surface area contributed by atoms with E-state index in [1.165, 1.54) is 60.8 Å². The summed E-state index contributed by atoms with van der Waals surface area (Å²) in [6.07, 6.45) is 7.65. The minimum Gasteiger partial charge on any atom is -0.0842 e. The number of rotatable bonds is 7. The van der Waals surface area contributed by atoms with Gasteiger partial charge in [0.1, 0.15) is 0 Å². The van der Waals surface area contributed by atoms with Crippen LogP contribution in [0.15, 0.2) is 109 Å². The van der Waals surface area contributed by atoms with Gasteiger partial charge in [-0.2, -0.15) is 0 Å². The molecule has 5 aromatic rings. The molecular weight excluding hydrogens is 432 g/mol. The van der Waals surface area contributed by atoms with E-state index in [-0.39, 0.29) is 0 Å². The van der Waals surface area contributed by atoms with Crippen molar-refractivity contribution in [1.29, 1.82) is 0 Å². The molecule has 0 unspecified atom stereocenters. The summed E-state index contributed by atoms with van der Waals surface area (Å²) in [7, 11) is 0. The zero-order valence-corrected chi connectivity index (χ0v) is 21.6. The van der Waals surface area contributed by atoms with Crippen molar-refractivity contribution >= 4 is 16.8 Å². The molecule has 5 rings (SSSR count). The van der Waals surface area contributed by atoms with E-state index in [0.29, 0.717) is 0 Å². The predicted octanol–water partition coefficient (Wildman–Crippen LogP) is 10.4. The van der Waals surface area contributed by atoms with Crippen LogP contribution in [0, 0.1) is 0 Å². The molecule has 0 bridgehead atoms. The molecule has 0 fully saturated rings. The van der Waals surface area contributed by atoms with Crippen LogP contribution in [0.3, 0.4) is 0 Å². The molecule has 0 amide bonds. The topological polar surface area (TPSA) is 0 Å². The molecule has 0 aliphatic heterocycles. The maximum absolute atomic E-state index is 2.35. The van der Waals surface area contributed by atoms with Crippen molar-refractivity contribution in [2.45, 2.75) is 40.0 Å². The van der Waals surface area contributed by atoms with Gasteiger partial charge in [-0.1, -0.05) is 124 Å². The van der Waals surface area contributed by atoms with Crippen molar-refractivity contribution < 1.29 is 0 Å². The molecule has 0 aliphatic rings. The molecule has 0 heterocycles. The van der Waals surface area contributed by atoms with Crippen LogP contribution in [-0.2, 0) is 12.8 Å². The SMILES string of the molecule is CC/C=C/c1cc(-c2cccc(-c3ccccc3CC)c2)ccc1-c1cccc2cc(CC)ccc12. The van der Waals surface area contributed by atoms with Gasteiger partial charge in [-0.25, -0.2) is 0 Å². The molecule has 0 saturated heterocycles. The highest BCUT2D eigenvalue weighted by molar-refractivity contribution is 5.99. The van der Waals surface area contributed by atoms with Crippen LogP contribution in [-0.4, -0.2) is 0 Å². The Bertz CT molecular complexity index is 1530. The Kier molecular flexibility index (Phi) is 7.14. The monoisotopic (exact) mass is 466 g/mol. The number of fused-ring (bicyclic) bond motifs is 1. The summed E-state index contributed by atoms with van der Waals surface area (Å²) in [5.41, 5.74) is 11.7. The van der Waals surface area contributed by atoms with E-state index in [2.05, 4.69) is 136 Å². The minimum atomic E-state index is 1.02. The molecule has 0 spiro atoms. The summed E-state index contributed by atoms with van der Waals surface area (Å²) in [5.74, 6) is 0. The van der Waals surface area contributed by atoms with E-state index in [1.54, 1.807) is 0 Å². The van der Waals surface area contributed by atoms with Gasteiger partial charge in [0.25, 0.3) is 0 Å². The lowest BCUT2D eigenvalue weighted by Crippen LogP contribution is -1.90. The molecule has 0 heteroatoms. The van der Waals surface area contributed by atoms with E-state index in [1.807, 2.05) is 0 Å². The van der Waals surface area contributed by atoms with Crippen LogP contribution in [0.2, 0.25) is 0 Å². The lowest BCUT2D eigenvalue weighted by molar-refractivity contribution is 1.14. The molecule has 0 nitrogen and oxygen atoms in total. The van der Waals surface area contributed by atoms with Gasteiger partial charge in [0.05, 0.1) is 0 Å². The number of hydrogen-bond donors (Lipinski definition) is 0. The normalized spacial score (nSPS) is 11.4. The third-order valence-electron chi connectivity index (χ3n) is 7.13. The van der Waals surface area contributed by atoms with E-state index < -0.39 is 0 Å². The second kappa shape index (κ2) is 10.8. The summed E-state index contributed by atoms with van der Waals surface area (Å²) >= 11 is 0. The minimum absolute atomic E-state index is 1.02. The molecule has 178 valence electrons. The fourth-order valence-electron chi connectivity index (χ4n) is 5.13. The van der Waals surface area contributed by atoms with Crippen LogP contribution in [0.25, 0.3) is 50.2 Å². The summed E-state index contributed by atoms with van der Waals surface area (Å²) in [6, 6.07) is 38.2. The van der Waals surface area contributed by atoms with Gasteiger partial charge in [0, 0.05) is 0 Å². The lowest BCUT2D eigenvalue weighted by Gasteiger charge is -2.14. The zero-order chi connectivity index (χ0) is 24.9. The maximum atomic E-state index is 2.35.